The molecule has 7 atom stereocenters. The second-order valence-electron chi connectivity index (χ2n) is 11.2. The smallest absolute Gasteiger partial charge is 0.307 e. The Hall–Kier alpha value is -3.99. The maximum absolute atomic E-state index is 15.2. The molecule has 1 fully saturated rings. The number of methoxy groups -OCH3 is 1. The highest BCUT2D eigenvalue weighted by molar-refractivity contribution is 6.31. The van der Waals surface area contributed by atoms with Gasteiger partial charge in [-0.3, -0.25) is 19.2 Å². The van der Waals surface area contributed by atoms with Gasteiger partial charge < -0.3 is 50.2 Å². The second kappa shape index (κ2) is 12.1. The fourth-order valence-corrected chi connectivity index (χ4v) is 5.98. The number of benzene rings is 2. The highest BCUT2D eigenvalue weighted by Crippen LogP contribution is 2.52. The average Bonchev–Trinajstić information content (AvgIpc) is 3.01. The fraction of sp³-hybridized carbons (Fsp3) is 0.467. The molecule has 3 aliphatic rings. The number of ketones is 3. The molecular weight excluding hydrogens is 601 g/mol. The van der Waals surface area contributed by atoms with Crippen LogP contribution in [0.3, 0.4) is 0 Å². The highest BCUT2D eigenvalue weighted by atomic mass is 19.1. The van der Waals surface area contributed by atoms with Gasteiger partial charge in [-0.05, 0) is 13.0 Å². The molecule has 2 aliphatic carbocycles. The van der Waals surface area contributed by atoms with Crippen LogP contribution in [0.15, 0.2) is 18.2 Å². The number of carbonyl (C=O) groups excluding carboxylic acids is 4. The zero-order chi connectivity index (χ0) is 33.0. The summed E-state index contributed by atoms with van der Waals surface area (Å²) in [5, 5.41) is 54.8. The summed E-state index contributed by atoms with van der Waals surface area (Å²) < 4.78 is 36.5. The number of esters is 1. The molecule has 0 saturated carbocycles. The van der Waals surface area contributed by atoms with E-state index in [4.69, 9.17) is 24.7 Å². The van der Waals surface area contributed by atoms with Gasteiger partial charge in [0.15, 0.2) is 24.9 Å². The Labute approximate surface area is 255 Å². The Balaban J connectivity index is 1.64. The topological polar surface area (TPSA) is 232 Å². The number of alkyl halides is 1. The van der Waals surface area contributed by atoms with Crippen LogP contribution in [-0.2, 0) is 30.2 Å². The van der Waals surface area contributed by atoms with Crippen LogP contribution in [0.5, 0.6) is 17.2 Å². The summed E-state index contributed by atoms with van der Waals surface area (Å²) >= 11 is 0. The molecule has 1 aliphatic heterocycles. The first-order chi connectivity index (χ1) is 21.2. The SMILES string of the molecule is COc1cccc2c1C(=O)c1c(O)c3c(c(O)c1C2=O)CC(O)(C(=O)COC(=O)CCN)CC3O[C@@H]1O[C@@H](C)[C@@H](O)[C@@H](O)[C@H]1F. The van der Waals surface area contributed by atoms with Gasteiger partial charge in [0.05, 0.1) is 42.4 Å². The molecule has 45 heavy (non-hydrogen) atoms. The number of Topliss-reactive ketones (excluding diaryl/α,β-unsaturated/α-hetero) is 1. The average molecular weight is 634 g/mol. The molecule has 5 rings (SSSR count). The van der Waals surface area contributed by atoms with Crippen molar-refractivity contribution in [2.45, 2.75) is 68.7 Å². The first-order valence-corrected chi connectivity index (χ1v) is 14.0. The highest BCUT2D eigenvalue weighted by Gasteiger charge is 2.52. The normalized spacial score (nSPS) is 29.0. The van der Waals surface area contributed by atoms with E-state index in [1.54, 1.807) is 0 Å². The van der Waals surface area contributed by atoms with Crippen LogP contribution >= 0.6 is 0 Å². The molecule has 7 N–H and O–H groups in total. The van der Waals surface area contributed by atoms with E-state index in [1.807, 2.05) is 0 Å². The number of phenolic OH excluding ortho intramolecular Hbond substituents is 2. The van der Waals surface area contributed by atoms with E-state index in [1.165, 1.54) is 32.2 Å². The van der Waals surface area contributed by atoms with Gasteiger partial charge in [0.2, 0.25) is 11.6 Å². The molecular formula is C30H32FNO13. The van der Waals surface area contributed by atoms with Crippen molar-refractivity contribution in [1.82, 2.24) is 0 Å². The number of aromatic hydroxyl groups is 2. The standard InChI is InChI=1S/C30H32FNO13/c1-11-23(35)28(40)22(31)29(44-11)45-15-9-30(41,16(33)10-43-17(34)6-7-32)8-13-19(15)27(39)21-20(25(13)37)24(36)12-4-3-5-14(42-2)18(12)26(21)38/h3-5,11,15,22-23,28-29,35,37,39-41H,6-10,32H2,1-2H3/t11-,15?,22+,23+,28-,29-,30?/m0/s1. The third-order valence-corrected chi connectivity index (χ3v) is 8.37. The second-order valence-corrected chi connectivity index (χ2v) is 11.2. The minimum absolute atomic E-state index is 0.0162. The third kappa shape index (κ3) is 5.34. The number of hydrogen-bond donors (Lipinski definition) is 6. The summed E-state index contributed by atoms with van der Waals surface area (Å²) in [4.78, 5) is 52.5. The maximum Gasteiger partial charge on any atom is 0.307 e. The van der Waals surface area contributed by atoms with E-state index in [0.29, 0.717) is 0 Å². The molecule has 0 aromatic heterocycles. The van der Waals surface area contributed by atoms with Gasteiger partial charge in [-0.25, -0.2) is 4.39 Å². The first kappa shape index (κ1) is 32.4. The van der Waals surface area contributed by atoms with Crippen molar-refractivity contribution in [3.05, 3.63) is 51.6 Å². The van der Waals surface area contributed by atoms with Crippen molar-refractivity contribution in [3.63, 3.8) is 0 Å². The predicted octanol–water partition coefficient (Wildman–Crippen LogP) is -0.117. The zero-order valence-electron chi connectivity index (χ0n) is 24.2. The summed E-state index contributed by atoms with van der Waals surface area (Å²) in [5.74, 6) is -5.33. The molecule has 2 aromatic rings. The monoisotopic (exact) mass is 633 g/mol. The van der Waals surface area contributed by atoms with Crippen LogP contribution in [-0.4, -0.2) is 105 Å². The van der Waals surface area contributed by atoms with Crippen LogP contribution < -0.4 is 10.5 Å². The molecule has 242 valence electrons. The molecule has 2 aromatic carbocycles. The van der Waals surface area contributed by atoms with Crippen LogP contribution in [0, 0.1) is 0 Å². The Morgan fingerprint density at radius 2 is 1.78 bits per heavy atom. The number of ether oxygens (including phenoxy) is 4. The lowest BCUT2D eigenvalue weighted by atomic mass is 9.72. The van der Waals surface area contributed by atoms with Crippen molar-refractivity contribution in [3.8, 4) is 17.2 Å². The largest absolute Gasteiger partial charge is 0.507 e. The minimum atomic E-state index is -2.48. The van der Waals surface area contributed by atoms with Crippen molar-refractivity contribution in [2.24, 2.45) is 5.73 Å². The van der Waals surface area contributed by atoms with Crippen molar-refractivity contribution in [2.75, 3.05) is 20.3 Å². The van der Waals surface area contributed by atoms with Crippen LogP contribution in [0.25, 0.3) is 0 Å². The molecule has 14 nitrogen and oxygen atoms in total. The molecule has 0 spiro atoms. The molecule has 0 amide bonds. The minimum Gasteiger partial charge on any atom is -0.507 e. The number of nitrogens with two attached hydrogens (primary N) is 1. The Bertz CT molecular complexity index is 1580. The van der Waals surface area contributed by atoms with Gasteiger partial charge in [0.25, 0.3) is 0 Å². The van der Waals surface area contributed by atoms with Crippen LogP contribution in [0.4, 0.5) is 4.39 Å². The van der Waals surface area contributed by atoms with Crippen molar-refractivity contribution < 1.29 is 68.0 Å². The summed E-state index contributed by atoms with van der Waals surface area (Å²) in [6, 6.07) is 4.19. The Kier molecular flexibility index (Phi) is 8.70. The lowest BCUT2D eigenvalue weighted by Crippen LogP contribution is -2.56. The quantitative estimate of drug-likeness (QED) is 0.140. The molecule has 1 heterocycles. The van der Waals surface area contributed by atoms with Crippen molar-refractivity contribution in [1.29, 1.82) is 0 Å². The number of phenols is 2. The number of aliphatic hydroxyl groups is 3. The fourth-order valence-electron chi connectivity index (χ4n) is 5.98. The summed E-state index contributed by atoms with van der Waals surface area (Å²) in [5.41, 5.74) is 0.571. The molecule has 0 bridgehead atoms. The van der Waals surface area contributed by atoms with E-state index < -0.39 is 108 Å². The first-order valence-electron chi connectivity index (χ1n) is 14.0. The third-order valence-electron chi connectivity index (χ3n) is 8.37. The lowest BCUT2D eigenvalue weighted by molar-refractivity contribution is -0.294. The van der Waals surface area contributed by atoms with Gasteiger partial charge >= 0.3 is 5.97 Å². The van der Waals surface area contributed by atoms with Crippen LogP contribution in [0.2, 0.25) is 0 Å². The van der Waals surface area contributed by atoms with Crippen molar-refractivity contribution >= 4 is 23.3 Å². The maximum atomic E-state index is 15.2. The van der Waals surface area contributed by atoms with Gasteiger partial charge in [-0.2, -0.15) is 0 Å². The number of carbonyl (C=O) groups is 4. The number of hydrogen-bond acceptors (Lipinski definition) is 14. The number of halogens is 1. The van der Waals surface area contributed by atoms with E-state index >= 15 is 4.39 Å². The predicted molar refractivity (Wildman–Crippen MR) is 148 cm³/mol. The van der Waals surface area contributed by atoms with E-state index in [0.717, 1.165) is 0 Å². The summed E-state index contributed by atoms with van der Waals surface area (Å²) in [7, 11) is 1.27. The van der Waals surface area contributed by atoms with Gasteiger partial charge in [-0.1, -0.05) is 12.1 Å². The van der Waals surface area contributed by atoms with E-state index in [9.17, 15) is 44.7 Å². The van der Waals surface area contributed by atoms with Gasteiger partial charge in [0, 0.05) is 36.1 Å². The Morgan fingerprint density at radius 1 is 1.09 bits per heavy atom. The lowest BCUT2D eigenvalue weighted by Gasteiger charge is -2.43. The number of fused-ring (bicyclic) bond motifs is 3. The summed E-state index contributed by atoms with van der Waals surface area (Å²) in [6.07, 6.45) is -12.4. The summed E-state index contributed by atoms with van der Waals surface area (Å²) in [6.45, 7) is 0.341. The van der Waals surface area contributed by atoms with Crippen LogP contribution in [0.1, 0.15) is 68.8 Å². The Morgan fingerprint density at radius 3 is 2.44 bits per heavy atom. The van der Waals surface area contributed by atoms with E-state index in [-0.39, 0.29) is 41.0 Å². The van der Waals surface area contributed by atoms with Gasteiger partial charge in [-0.15, -0.1) is 0 Å². The van der Waals surface area contributed by atoms with E-state index in [2.05, 4.69) is 0 Å². The molecule has 2 unspecified atom stereocenters. The van der Waals surface area contributed by atoms with Gasteiger partial charge in [0.1, 0.15) is 35.1 Å². The number of rotatable bonds is 8. The zero-order valence-corrected chi connectivity index (χ0v) is 24.2. The number of aliphatic hydroxyl groups excluding tert-OH is 2. The molecule has 15 heteroatoms. The molecule has 1 saturated heterocycles. The molecule has 0 radical (unpaired) electrons.